The van der Waals surface area contributed by atoms with Crippen molar-refractivity contribution in [2.45, 2.75) is 25.7 Å². The lowest BCUT2D eigenvalue weighted by Crippen LogP contribution is -2.36. The van der Waals surface area contributed by atoms with E-state index in [1.807, 2.05) is 4.90 Å². The zero-order chi connectivity index (χ0) is 15.5. The van der Waals surface area contributed by atoms with Gasteiger partial charge in [0.05, 0.1) is 5.75 Å². The minimum Gasteiger partial charge on any atom is -0.341 e. The van der Waals surface area contributed by atoms with Crippen LogP contribution in [-0.4, -0.2) is 81.0 Å². The van der Waals surface area contributed by atoms with Crippen LogP contribution in [0.4, 0.5) is 0 Å². The first kappa shape index (κ1) is 16.7. The van der Waals surface area contributed by atoms with Gasteiger partial charge in [0.2, 0.25) is 15.9 Å². The van der Waals surface area contributed by atoms with E-state index >= 15 is 0 Å². The smallest absolute Gasteiger partial charge is 0.225 e. The van der Waals surface area contributed by atoms with E-state index in [1.54, 1.807) is 14.1 Å². The van der Waals surface area contributed by atoms with Gasteiger partial charge in [0.25, 0.3) is 0 Å². The summed E-state index contributed by atoms with van der Waals surface area (Å²) in [6.07, 6.45) is 3.75. The largest absolute Gasteiger partial charge is 0.341 e. The minimum absolute atomic E-state index is 0.196. The van der Waals surface area contributed by atoms with E-state index < -0.39 is 10.0 Å². The molecule has 1 amide bonds. The maximum atomic E-state index is 12.1. The number of carbonyl (C=O) groups excluding carboxylic acids is 1. The molecule has 1 heterocycles. The summed E-state index contributed by atoms with van der Waals surface area (Å²) in [5, 5.41) is 0. The lowest BCUT2D eigenvalue weighted by molar-refractivity contribution is -0.132. The number of rotatable bonds is 6. The van der Waals surface area contributed by atoms with Gasteiger partial charge in [-0.05, 0) is 38.8 Å². The standard InChI is InChI=1S/C14H27N3O3S/c1-15(2)21(19,20)12-4-8-16-7-3-9-17(11-10-16)14(18)13-5-6-13/h13H,3-12H2,1-2H3. The average molecular weight is 317 g/mol. The van der Waals surface area contributed by atoms with Crippen LogP contribution in [0.2, 0.25) is 0 Å². The molecule has 2 rings (SSSR count). The van der Waals surface area contributed by atoms with E-state index in [0.29, 0.717) is 18.2 Å². The van der Waals surface area contributed by atoms with Crippen LogP contribution in [0, 0.1) is 5.92 Å². The van der Waals surface area contributed by atoms with Crippen molar-refractivity contribution in [2.75, 3.05) is 52.6 Å². The number of nitrogens with zero attached hydrogens (tertiary/aromatic N) is 3. The molecule has 0 aromatic rings. The van der Waals surface area contributed by atoms with Crippen molar-refractivity contribution in [1.29, 1.82) is 0 Å². The molecule has 7 heteroatoms. The Hall–Kier alpha value is -0.660. The van der Waals surface area contributed by atoms with E-state index in [4.69, 9.17) is 0 Å². The van der Waals surface area contributed by atoms with Gasteiger partial charge in [-0.2, -0.15) is 0 Å². The fraction of sp³-hybridized carbons (Fsp3) is 0.929. The van der Waals surface area contributed by atoms with Crippen molar-refractivity contribution in [3.05, 3.63) is 0 Å². The minimum atomic E-state index is -3.09. The Balaban J connectivity index is 1.72. The van der Waals surface area contributed by atoms with Gasteiger partial charge in [0.1, 0.15) is 0 Å². The van der Waals surface area contributed by atoms with E-state index in [2.05, 4.69) is 4.90 Å². The highest BCUT2D eigenvalue weighted by Crippen LogP contribution is 2.31. The highest BCUT2D eigenvalue weighted by molar-refractivity contribution is 7.89. The molecule has 21 heavy (non-hydrogen) atoms. The average Bonchev–Trinajstić information content (AvgIpc) is 3.25. The highest BCUT2D eigenvalue weighted by atomic mass is 32.2. The van der Waals surface area contributed by atoms with Crippen molar-refractivity contribution in [3.8, 4) is 0 Å². The Morgan fingerprint density at radius 1 is 1.14 bits per heavy atom. The lowest BCUT2D eigenvalue weighted by Gasteiger charge is -2.22. The summed E-state index contributed by atoms with van der Waals surface area (Å²) >= 11 is 0. The lowest BCUT2D eigenvalue weighted by atomic mass is 10.3. The van der Waals surface area contributed by atoms with Crippen LogP contribution < -0.4 is 0 Å². The third-order valence-electron chi connectivity index (χ3n) is 4.26. The fourth-order valence-electron chi connectivity index (χ4n) is 2.66. The Bertz CT molecular complexity index is 460. The molecule has 1 saturated carbocycles. The first-order valence-electron chi connectivity index (χ1n) is 7.81. The van der Waals surface area contributed by atoms with E-state index in [9.17, 15) is 13.2 Å². The molecular weight excluding hydrogens is 290 g/mol. The molecule has 0 N–H and O–H groups in total. The number of hydrogen-bond acceptors (Lipinski definition) is 4. The molecule has 122 valence electrons. The molecule has 0 spiro atoms. The molecular formula is C14H27N3O3S. The molecule has 2 aliphatic rings. The van der Waals surface area contributed by atoms with Crippen molar-refractivity contribution in [1.82, 2.24) is 14.1 Å². The van der Waals surface area contributed by atoms with Crippen LogP contribution in [0.3, 0.4) is 0 Å². The molecule has 1 aliphatic carbocycles. The van der Waals surface area contributed by atoms with E-state index in [0.717, 1.165) is 52.0 Å². The van der Waals surface area contributed by atoms with Crippen LogP contribution >= 0.6 is 0 Å². The quantitative estimate of drug-likeness (QED) is 0.703. The van der Waals surface area contributed by atoms with Gasteiger partial charge in [0.15, 0.2) is 0 Å². The predicted octanol–water partition coefficient (Wildman–Crippen LogP) is 0.212. The predicted molar refractivity (Wildman–Crippen MR) is 82.5 cm³/mol. The molecule has 0 bridgehead atoms. The second kappa shape index (κ2) is 7.07. The monoisotopic (exact) mass is 317 g/mol. The van der Waals surface area contributed by atoms with Gasteiger partial charge in [-0.3, -0.25) is 4.79 Å². The van der Waals surface area contributed by atoms with E-state index in [1.165, 1.54) is 4.31 Å². The number of hydrogen-bond donors (Lipinski definition) is 0. The van der Waals surface area contributed by atoms with E-state index in [-0.39, 0.29) is 5.75 Å². The molecule has 6 nitrogen and oxygen atoms in total. The third-order valence-corrected chi connectivity index (χ3v) is 6.18. The summed E-state index contributed by atoms with van der Waals surface area (Å²) < 4.78 is 24.7. The van der Waals surface area contributed by atoms with Crippen molar-refractivity contribution in [2.24, 2.45) is 5.92 Å². The Morgan fingerprint density at radius 3 is 2.48 bits per heavy atom. The second-order valence-corrected chi connectivity index (χ2v) is 8.55. The highest BCUT2D eigenvalue weighted by Gasteiger charge is 2.33. The molecule has 0 unspecified atom stereocenters. The molecule has 2 fully saturated rings. The van der Waals surface area contributed by atoms with Gasteiger partial charge < -0.3 is 9.80 Å². The van der Waals surface area contributed by atoms with Gasteiger partial charge >= 0.3 is 0 Å². The topological polar surface area (TPSA) is 60.9 Å². The maximum absolute atomic E-state index is 12.1. The summed E-state index contributed by atoms with van der Waals surface area (Å²) in [6.45, 7) is 4.24. The summed E-state index contributed by atoms with van der Waals surface area (Å²) in [4.78, 5) is 16.3. The molecule has 0 aromatic carbocycles. The molecule has 1 saturated heterocycles. The first-order chi connectivity index (χ1) is 9.90. The Kier molecular flexibility index (Phi) is 5.62. The van der Waals surface area contributed by atoms with Gasteiger partial charge in [-0.15, -0.1) is 0 Å². The summed E-state index contributed by atoms with van der Waals surface area (Å²) in [7, 11) is 0.0509. The normalized spacial score (nSPS) is 21.6. The number of carbonyl (C=O) groups is 1. The van der Waals surface area contributed by atoms with Crippen LogP contribution in [0.1, 0.15) is 25.7 Å². The van der Waals surface area contributed by atoms with Crippen molar-refractivity contribution < 1.29 is 13.2 Å². The zero-order valence-corrected chi connectivity index (χ0v) is 13.9. The third kappa shape index (κ3) is 4.93. The molecule has 0 atom stereocenters. The summed E-state index contributed by atoms with van der Waals surface area (Å²) in [5.74, 6) is 0.815. The summed E-state index contributed by atoms with van der Waals surface area (Å²) in [6, 6.07) is 0. The van der Waals surface area contributed by atoms with Crippen LogP contribution in [0.15, 0.2) is 0 Å². The number of sulfonamides is 1. The molecule has 0 aromatic heterocycles. The number of amides is 1. The molecule has 1 aliphatic heterocycles. The van der Waals surface area contributed by atoms with Crippen LogP contribution in [-0.2, 0) is 14.8 Å². The van der Waals surface area contributed by atoms with Crippen LogP contribution in [0.5, 0.6) is 0 Å². The first-order valence-corrected chi connectivity index (χ1v) is 9.42. The van der Waals surface area contributed by atoms with Crippen molar-refractivity contribution in [3.63, 3.8) is 0 Å². The van der Waals surface area contributed by atoms with Gasteiger partial charge in [-0.25, -0.2) is 12.7 Å². The van der Waals surface area contributed by atoms with Gasteiger partial charge in [-0.1, -0.05) is 0 Å². The fourth-order valence-corrected chi connectivity index (χ4v) is 3.52. The second-order valence-electron chi connectivity index (χ2n) is 6.25. The maximum Gasteiger partial charge on any atom is 0.225 e. The Morgan fingerprint density at radius 2 is 1.86 bits per heavy atom. The van der Waals surface area contributed by atoms with Gasteiger partial charge in [0, 0.05) is 39.6 Å². The SMILES string of the molecule is CN(C)S(=O)(=O)CCCN1CCCN(C(=O)C2CC2)CC1. The Labute approximate surface area is 128 Å². The van der Waals surface area contributed by atoms with Crippen LogP contribution in [0.25, 0.3) is 0 Å². The zero-order valence-electron chi connectivity index (χ0n) is 13.1. The summed E-state index contributed by atoms with van der Waals surface area (Å²) in [5.41, 5.74) is 0. The van der Waals surface area contributed by atoms with Crippen molar-refractivity contribution >= 4 is 15.9 Å². The molecule has 0 radical (unpaired) electrons.